The number of aromatic nitrogens is 3. The van der Waals surface area contributed by atoms with Gasteiger partial charge in [0.25, 0.3) is 5.91 Å². The van der Waals surface area contributed by atoms with Crippen LogP contribution in [-0.2, 0) is 5.41 Å². The van der Waals surface area contributed by atoms with E-state index in [4.69, 9.17) is 4.98 Å². The maximum Gasteiger partial charge on any atom is 0.255 e. The summed E-state index contributed by atoms with van der Waals surface area (Å²) in [6.45, 7) is 10.5. The molecule has 0 unspecified atom stereocenters. The lowest BCUT2D eigenvalue weighted by atomic mass is 9.87. The van der Waals surface area contributed by atoms with Gasteiger partial charge in [0, 0.05) is 73.0 Å². The van der Waals surface area contributed by atoms with Crippen LogP contribution in [0.3, 0.4) is 0 Å². The SMILES string of the molecule is CC(C)(C)c1ccc(C(=O)Nc2cccc(-c3cn4ccnc4c(Nc4ccc(N5CCNCC5)cc4)n3)c2)cc1. The zero-order chi connectivity index (χ0) is 28.4. The molecule has 3 aromatic carbocycles. The maximum atomic E-state index is 13.0. The predicted molar refractivity (Wildman–Crippen MR) is 166 cm³/mol. The number of imidazole rings is 1. The molecule has 1 saturated heterocycles. The Morgan fingerprint density at radius 2 is 1.68 bits per heavy atom. The fraction of sp³-hybridized carbons (Fsp3) is 0.242. The van der Waals surface area contributed by atoms with E-state index in [1.54, 1.807) is 6.20 Å². The highest BCUT2D eigenvalue weighted by atomic mass is 16.1. The zero-order valence-corrected chi connectivity index (χ0v) is 23.7. The number of hydrogen-bond donors (Lipinski definition) is 3. The van der Waals surface area contributed by atoms with Crippen molar-refractivity contribution in [2.45, 2.75) is 26.2 Å². The molecule has 2 aromatic heterocycles. The minimum Gasteiger partial charge on any atom is -0.369 e. The topological polar surface area (TPSA) is 86.6 Å². The standard InChI is InChI=1S/C33H35N7O/c1-33(2,3)25-9-7-23(8-10-25)32(41)37-27-6-4-5-24(21-27)29-22-40-20-17-35-31(40)30(38-29)36-26-11-13-28(14-12-26)39-18-15-34-16-19-39/h4-14,17,20-22,34H,15-16,18-19H2,1-3H3,(H,36,38)(H,37,41). The van der Waals surface area contributed by atoms with Crippen molar-refractivity contribution in [2.75, 3.05) is 41.7 Å². The summed E-state index contributed by atoms with van der Waals surface area (Å²) in [5, 5.41) is 9.89. The third kappa shape index (κ3) is 5.93. The molecule has 208 valence electrons. The van der Waals surface area contributed by atoms with Gasteiger partial charge in [-0.1, -0.05) is 45.0 Å². The number of amides is 1. The van der Waals surface area contributed by atoms with E-state index in [0.29, 0.717) is 17.1 Å². The molecule has 1 aliphatic heterocycles. The average molecular weight is 546 g/mol. The highest BCUT2D eigenvalue weighted by molar-refractivity contribution is 6.04. The Morgan fingerprint density at radius 1 is 0.927 bits per heavy atom. The molecule has 0 spiro atoms. The molecule has 1 amide bonds. The number of anilines is 4. The largest absolute Gasteiger partial charge is 0.369 e. The summed E-state index contributed by atoms with van der Waals surface area (Å²) in [7, 11) is 0. The first-order valence-corrected chi connectivity index (χ1v) is 14.0. The zero-order valence-electron chi connectivity index (χ0n) is 23.7. The Labute approximate surface area is 240 Å². The second-order valence-electron chi connectivity index (χ2n) is 11.4. The number of carbonyl (C=O) groups is 1. The lowest BCUT2D eigenvalue weighted by Gasteiger charge is -2.29. The van der Waals surface area contributed by atoms with Gasteiger partial charge in [-0.15, -0.1) is 0 Å². The van der Waals surface area contributed by atoms with E-state index in [9.17, 15) is 4.79 Å². The summed E-state index contributed by atoms with van der Waals surface area (Å²) < 4.78 is 1.96. The van der Waals surface area contributed by atoms with Crippen LogP contribution in [0.15, 0.2) is 91.4 Å². The number of nitrogens with one attached hydrogen (secondary N) is 3. The summed E-state index contributed by atoms with van der Waals surface area (Å²) in [6, 6.07) is 24.0. The number of fused-ring (bicyclic) bond motifs is 1. The number of carbonyl (C=O) groups excluding carboxylic acids is 1. The van der Waals surface area contributed by atoms with Crippen LogP contribution < -0.4 is 20.9 Å². The Morgan fingerprint density at radius 3 is 2.41 bits per heavy atom. The minimum absolute atomic E-state index is 0.0365. The van der Waals surface area contributed by atoms with Crippen molar-refractivity contribution in [1.29, 1.82) is 0 Å². The Kier molecular flexibility index (Phi) is 7.15. The number of benzene rings is 3. The van der Waals surface area contributed by atoms with Gasteiger partial charge in [0.2, 0.25) is 0 Å². The molecule has 6 rings (SSSR count). The van der Waals surface area contributed by atoms with Crippen molar-refractivity contribution in [2.24, 2.45) is 0 Å². The molecule has 0 bridgehead atoms. The molecular weight excluding hydrogens is 510 g/mol. The number of nitrogens with zero attached hydrogens (tertiary/aromatic N) is 4. The molecule has 1 fully saturated rings. The second kappa shape index (κ2) is 11.1. The molecule has 1 aliphatic rings. The Balaban J connectivity index is 1.22. The minimum atomic E-state index is -0.146. The van der Waals surface area contributed by atoms with Gasteiger partial charge in [0.1, 0.15) is 0 Å². The molecule has 8 nitrogen and oxygen atoms in total. The van der Waals surface area contributed by atoms with Crippen molar-refractivity contribution < 1.29 is 4.79 Å². The molecule has 3 heterocycles. The van der Waals surface area contributed by atoms with Crippen molar-refractivity contribution in [3.63, 3.8) is 0 Å². The summed E-state index contributed by atoms with van der Waals surface area (Å²) in [4.78, 5) is 24.8. The van der Waals surface area contributed by atoms with Crippen LogP contribution in [0.25, 0.3) is 16.9 Å². The van der Waals surface area contributed by atoms with Gasteiger partial charge in [0.05, 0.1) is 5.69 Å². The molecule has 0 saturated carbocycles. The number of rotatable bonds is 6. The average Bonchev–Trinajstić information content (AvgIpc) is 3.47. The van der Waals surface area contributed by atoms with Crippen LogP contribution >= 0.6 is 0 Å². The first-order chi connectivity index (χ1) is 19.8. The van der Waals surface area contributed by atoms with Crippen molar-refractivity contribution in [3.05, 3.63) is 103 Å². The summed E-state index contributed by atoms with van der Waals surface area (Å²) in [6.07, 6.45) is 5.63. The van der Waals surface area contributed by atoms with Gasteiger partial charge in [-0.25, -0.2) is 9.97 Å². The number of hydrogen-bond acceptors (Lipinski definition) is 6. The van der Waals surface area contributed by atoms with Crippen molar-refractivity contribution in [3.8, 4) is 11.3 Å². The van der Waals surface area contributed by atoms with E-state index in [-0.39, 0.29) is 11.3 Å². The lowest BCUT2D eigenvalue weighted by molar-refractivity contribution is 0.102. The monoisotopic (exact) mass is 545 g/mol. The Bertz CT molecular complexity index is 1660. The van der Waals surface area contributed by atoms with Crippen LogP contribution in [0.5, 0.6) is 0 Å². The smallest absolute Gasteiger partial charge is 0.255 e. The van der Waals surface area contributed by atoms with Crippen LogP contribution in [0.1, 0.15) is 36.7 Å². The van der Waals surface area contributed by atoms with Gasteiger partial charge >= 0.3 is 0 Å². The lowest BCUT2D eigenvalue weighted by Crippen LogP contribution is -2.43. The van der Waals surface area contributed by atoms with Gasteiger partial charge < -0.3 is 25.3 Å². The highest BCUT2D eigenvalue weighted by Gasteiger charge is 2.16. The number of piperazine rings is 1. The second-order valence-corrected chi connectivity index (χ2v) is 11.4. The fourth-order valence-electron chi connectivity index (χ4n) is 5.05. The highest BCUT2D eigenvalue weighted by Crippen LogP contribution is 2.28. The van der Waals surface area contributed by atoms with Gasteiger partial charge in [-0.05, 0) is 59.5 Å². The molecular formula is C33H35N7O. The summed E-state index contributed by atoms with van der Waals surface area (Å²) >= 11 is 0. The van der Waals surface area contributed by atoms with Gasteiger partial charge in [-0.2, -0.15) is 0 Å². The molecule has 8 heteroatoms. The van der Waals surface area contributed by atoms with E-state index in [1.165, 1.54) is 11.3 Å². The van der Waals surface area contributed by atoms with Crippen LogP contribution in [0.2, 0.25) is 0 Å². The first-order valence-electron chi connectivity index (χ1n) is 14.0. The molecule has 0 radical (unpaired) electrons. The van der Waals surface area contributed by atoms with Crippen LogP contribution in [0, 0.1) is 0 Å². The van der Waals surface area contributed by atoms with Crippen molar-refractivity contribution in [1.82, 2.24) is 19.7 Å². The molecule has 0 aliphatic carbocycles. The van der Waals surface area contributed by atoms with Crippen LogP contribution in [0.4, 0.5) is 22.9 Å². The van der Waals surface area contributed by atoms with Gasteiger partial charge in [-0.3, -0.25) is 4.79 Å². The third-order valence-electron chi connectivity index (χ3n) is 7.42. The third-order valence-corrected chi connectivity index (χ3v) is 7.42. The summed E-state index contributed by atoms with van der Waals surface area (Å²) in [5.41, 5.74) is 7.11. The maximum absolute atomic E-state index is 13.0. The predicted octanol–water partition coefficient (Wildman–Crippen LogP) is 6.10. The van der Waals surface area contributed by atoms with E-state index in [1.807, 2.05) is 65.3 Å². The van der Waals surface area contributed by atoms with E-state index in [0.717, 1.165) is 48.8 Å². The van der Waals surface area contributed by atoms with Crippen LogP contribution in [-0.4, -0.2) is 46.5 Å². The normalized spacial score (nSPS) is 13.8. The van der Waals surface area contributed by atoms with E-state index < -0.39 is 0 Å². The molecule has 5 aromatic rings. The molecule has 0 atom stereocenters. The summed E-state index contributed by atoms with van der Waals surface area (Å²) in [5.74, 6) is 0.517. The van der Waals surface area contributed by atoms with E-state index >= 15 is 0 Å². The Hall–Kier alpha value is -4.69. The molecule has 41 heavy (non-hydrogen) atoms. The molecule has 3 N–H and O–H groups in total. The fourth-order valence-corrected chi connectivity index (χ4v) is 5.05. The quantitative estimate of drug-likeness (QED) is 0.239. The first kappa shape index (κ1) is 26.5. The van der Waals surface area contributed by atoms with Gasteiger partial charge in [0.15, 0.2) is 11.5 Å². The van der Waals surface area contributed by atoms with Crippen molar-refractivity contribution >= 4 is 34.4 Å². The van der Waals surface area contributed by atoms with E-state index in [2.05, 4.69) is 70.9 Å².